The molecule has 21 heavy (non-hydrogen) atoms. The van der Waals surface area contributed by atoms with Crippen molar-refractivity contribution in [2.75, 3.05) is 0 Å². The summed E-state index contributed by atoms with van der Waals surface area (Å²) < 4.78 is 37.1. The van der Waals surface area contributed by atoms with Gasteiger partial charge in [-0.25, -0.2) is 0 Å². The Balaban J connectivity index is 2.67. The molecule has 0 aliphatic rings. The van der Waals surface area contributed by atoms with Gasteiger partial charge in [0.25, 0.3) is 0 Å². The molecule has 1 aromatic carbocycles. The molecule has 0 unspecified atom stereocenters. The van der Waals surface area contributed by atoms with Gasteiger partial charge >= 0.3 is 6.18 Å². The van der Waals surface area contributed by atoms with Crippen molar-refractivity contribution in [2.24, 2.45) is 5.73 Å². The second kappa shape index (κ2) is 6.79. The number of nitrogens with one attached hydrogen (secondary N) is 1. The summed E-state index contributed by atoms with van der Waals surface area (Å²) in [5.74, 6) is 0.885. The van der Waals surface area contributed by atoms with Crippen LogP contribution in [0.4, 0.5) is 13.2 Å². The fraction of sp³-hybridized carbons (Fsp3) is 0.286. The SMILES string of the molecule is C#CC[C@@H](NC(=O)Cc1ccc(C(F)(F)F)cc1)C(N)=O. The molecule has 1 atom stereocenters. The van der Waals surface area contributed by atoms with E-state index in [0.717, 1.165) is 12.1 Å². The summed E-state index contributed by atoms with van der Waals surface area (Å²) in [4.78, 5) is 22.7. The first-order valence-electron chi connectivity index (χ1n) is 5.92. The Morgan fingerprint density at radius 3 is 2.29 bits per heavy atom. The lowest BCUT2D eigenvalue weighted by Gasteiger charge is -2.13. The number of hydrogen-bond acceptors (Lipinski definition) is 2. The molecule has 7 heteroatoms. The summed E-state index contributed by atoms with van der Waals surface area (Å²) >= 11 is 0. The number of amides is 2. The van der Waals surface area contributed by atoms with Gasteiger partial charge in [0.2, 0.25) is 11.8 Å². The predicted octanol–water partition coefficient (Wildman–Crippen LogP) is 1.24. The molecule has 0 saturated carbocycles. The average molecular weight is 298 g/mol. The van der Waals surface area contributed by atoms with Crippen LogP contribution in [0.15, 0.2) is 24.3 Å². The summed E-state index contributed by atoms with van der Waals surface area (Å²) in [5, 5.41) is 2.33. The van der Waals surface area contributed by atoms with Gasteiger partial charge in [0.15, 0.2) is 0 Å². The first kappa shape index (κ1) is 16.6. The number of terminal acetylenes is 1. The van der Waals surface area contributed by atoms with Crippen LogP contribution < -0.4 is 11.1 Å². The van der Waals surface area contributed by atoms with E-state index in [1.54, 1.807) is 0 Å². The van der Waals surface area contributed by atoms with Gasteiger partial charge in [-0.15, -0.1) is 12.3 Å². The van der Waals surface area contributed by atoms with E-state index >= 15 is 0 Å². The second-order valence-electron chi connectivity index (χ2n) is 4.30. The van der Waals surface area contributed by atoms with Gasteiger partial charge in [-0.2, -0.15) is 13.2 Å². The summed E-state index contributed by atoms with van der Waals surface area (Å²) in [7, 11) is 0. The Hall–Kier alpha value is -2.49. The van der Waals surface area contributed by atoms with Crippen molar-refractivity contribution in [1.29, 1.82) is 0 Å². The zero-order valence-corrected chi connectivity index (χ0v) is 10.9. The van der Waals surface area contributed by atoms with E-state index in [-0.39, 0.29) is 12.8 Å². The molecule has 0 bridgehead atoms. The number of hydrogen-bond donors (Lipinski definition) is 2. The maximum Gasteiger partial charge on any atom is 0.416 e. The van der Waals surface area contributed by atoms with Crippen LogP contribution in [0.3, 0.4) is 0 Å². The Morgan fingerprint density at radius 1 is 1.29 bits per heavy atom. The summed E-state index contributed by atoms with van der Waals surface area (Å²) in [6.45, 7) is 0. The van der Waals surface area contributed by atoms with Crippen LogP contribution in [0.25, 0.3) is 0 Å². The molecular weight excluding hydrogens is 285 g/mol. The highest BCUT2D eigenvalue weighted by Crippen LogP contribution is 2.29. The largest absolute Gasteiger partial charge is 0.416 e. The van der Waals surface area contributed by atoms with Gasteiger partial charge in [-0.3, -0.25) is 9.59 Å². The van der Waals surface area contributed by atoms with Crippen molar-refractivity contribution in [3.8, 4) is 12.3 Å². The zero-order chi connectivity index (χ0) is 16.0. The highest BCUT2D eigenvalue weighted by atomic mass is 19.4. The van der Waals surface area contributed by atoms with Crippen LogP contribution in [0.1, 0.15) is 17.5 Å². The van der Waals surface area contributed by atoms with Gasteiger partial charge < -0.3 is 11.1 Å². The van der Waals surface area contributed by atoms with Crippen molar-refractivity contribution in [3.05, 3.63) is 35.4 Å². The van der Waals surface area contributed by atoms with E-state index in [9.17, 15) is 22.8 Å². The molecule has 0 radical (unpaired) electrons. The van der Waals surface area contributed by atoms with Gasteiger partial charge in [0.05, 0.1) is 12.0 Å². The van der Waals surface area contributed by atoms with Crippen molar-refractivity contribution >= 4 is 11.8 Å². The van der Waals surface area contributed by atoms with Crippen molar-refractivity contribution in [2.45, 2.75) is 25.1 Å². The van der Waals surface area contributed by atoms with Gasteiger partial charge in [0, 0.05) is 6.42 Å². The summed E-state index contributed by atoms with van der Waals surface area (Å²) in [6.07, 6.45) is 0.390. The van der Waals surface area contributed by atoms with E-state index in [4.69, 9.17) is 12.2 Å². The predicted molar refractivity (Wildman–Crippen MR) is 69.7 cm³/mol. The molecule has 3 N–H and O–H groups in total. The molecule has 0 heterocycles. The maximum absolute atomic E-state index is 12.4. The number of rotatable bonds is 5. The average Bonchev–Trinajstić information content (AvgIpc) is 2.37. The molecule has 0 spiro atoms. The molecule has 2 amide bonds. The van der Waals surface area contributed by atoms with Crippen LogP contribution >= 0.6 is 0 Å². The van der Waals surface area contributed by atoms with E-state index < -0.39 is 29.6 Å². The highest BCUT2D eigenvalue weighted by Gasteiger charge is 2.30. The van der Waals surface area contributed by atoms with Gasteiger partial charge in [0.1, 0.15) is 6.04 Å². The molecule has 0 aliphatic heterocycles. The number of primary amides is 1. The standard InChI is InChI=1S/C14H13F3N2O2/c1-2-3-11(13(18)21)19-12(20)8-9-4-6-10(7-5-9)14(15,16)17/h1,4-7,11H,3,8H2,(H2,18,21)(H,19,20)/t11-/m1/s1. The number of carbonyl (C=O) groups excluding carboxylic acids is 2. The van der Waals surface area contributed by atoms with Crippen LogP contribution in [-0.2, 0) is 22.2 Å². The molecular formula is C14H13F3N2O2. The lowest BCUT2D eigenvalue weighted by Crippen LogP contribution is -2.44. The number of nitrogens with two attached hydrogens (primary N) is 1. The normalized spacial score (nSPS) is 12.3. The van der Waals surface area contributed by atoms with Crippen molar-refractivity contribution in [1.82, 2.24) is 5.32 Å². The van der Waals surface area contributed by atoms with E-state index in [1.807, 2.05) is 0 Å². The van der Waals surface area contributed by atoms with Crippen LogP contribution in [0.2, 0.25) is 0 Å². The number of alkyl halides is 3. The molecule has 0 aliphatic carbocycles. The van der Waals surface area contributed by atoms with Crippen molar-refractivity contribution < 1.29 is 22.8 Å². The zero-order valence-electron chi connectivity index (χ0n) is 10.9. The van der Waals surface area contributed by atoms with Gasteiger partial charge in [-0.05, 0) is 17.7 Å². The summed E-state index contributed by atoms with van der Waals surface area (Å²) in [6, 6.07) is 3.17. The fourth-order valence-electron chi connectivity index (χ4n) is 1.58. The number of benzene rings is 1. The monoisotopic (exact) mass is 298 g/mol. The highest BCUT2D eigenvalue weighted by molar-refractivity contribution is 5.87. The fourth-order valence-corrected chi connectivity index (χ4v) is 1.58. The molecule has 0 saturated heterocycles. The molecule has 4 nitrogen and oxygen atoms in total. The third kappa shape index (κ3) is 5.18. The number of halogens is 3. The Labute approximate surface area is 119 Å². The maximum atomic E-state index is 12.4. The van der Waals surface area contributed by atoms with E-state index in [2.05, 4.69) is 11.2 Å². The Kier molecular flexibility index (Phi) is 5.36. The molecule has 1 rings (SSSR count). The smallest absolute Gasteiger partial charge is 0.368 e. The van der Waals surface area contributed by atoms with Crippen molar-refractivity contribution in [3.63, 3.8) is 0 Å². The second-order valence-corrected chi connectivity index (χ2v) is 4.30. The van der Waals surface area contributed by atoms with Gasteiger partial charge in [-0.1, -0.05) is 12.1 Å². The first-order chi connectivity index (χ1) is 9.74. The third-order valence-corrected chi connectivity index (χ3v) is 2.65. The molecule has 0 fully saturated rings. The first-order valence-corrected chi connectivity index (χ1v) is 5.92. The number of carbonyl (C=O) groups is 2. The lowest BCUT2D eigenvalue weighted by atomic mass is 10.1. The van der Waals surface area contributed by atoms with Crippen LogP contribution in [-0.4, -0.2) is 17.9 Å². The molecule has 112 valence electrons. The van der Waals surface area contributed by atoms with Crippen LogP contribution in [0.5, 0.6) is 0 Å². The Bertz CT molecular complexity index is 559. The minimum Gasteiger partial charge on any atom is -0.368 e. The quantitative estimate of drug-likeness (QED) is 0.803. The third-order valence-electron chi connectivity index (χ3n) is 2.65. The molecule has 0 aromatic heterocycles. The van der Waals surface area contributed by atoms with Crippen LogP contribution in [0, 0.1) is 12.3 Å². The summed E-state index contributed by atoms with van der Waals surface area (Å²) in [5.41, 5.74) is 4.64. The molecule has 1 aromatic rings. The topological polar surface area (TPSA) is 72.2 Å². The minimum atomic E-state index is -4.43. The Morgan fingerprint density at radius 2 is 1.86 bits per heavy atom. The lowest BCUT2D eigenvalue weighted by molar-refractivity contribution is -0.137. The van der Waals surface area contributed by atoms with E-state index in [1.165, 1.54) is 12.1 Å². The minimum absolute atomic E-state index is 0.0475. The van der Waals surface area contributed by atoms with E-state index in [0.29, 0.717) is 5.56 Å².